The maximum Gasteiger partial charge on any atom is 0.259 e. The van der Waals surface area contributed by atoms with Crippen molar-refractivity contribution in [1.29, 1.82) is 0 Å². The first-order valence-corrected chi connectivity index (χ1v) is 5.56. The standard InChI is InChI=1S/C11H6Cl2FN3O/c12-6-1-2-8(14)7(3-6)11(18)17-10-4-9(13)15-5-16-10/h1-5H,(H,15,16,17,18). The largest absolute Gasteiger partial charge is 0.306 e. The number of aromatic nitrogens is 2. The Kier molecular flexibility index (Phi) is 3.74. The fourth-order valence-corrected chi connectivity index (χ4v) is 1.58. The van der Waals surface area contributed by atoms with E-state index in [2.05, 4.69) is 15.3 Å². The zero-order valence-electron chi connectivity index (χ0n) is 8.82. The lowest BCUT2D eigenvalue weighted by atomic mass is 10.2. The van der Waals surface area contributed by atoms with Gasteiger partial charge < -0.3 is 5.32 Å². The maximum absolute atomic E-state index is 13.4. The summed E-state index contributed by atoms with van der Waals surface area (Å²) in [5.41, 5.74) is -0.169. The first kappa shape index (κ1) is 12.7. The lowest BCUT2D eigenvalue weighted by Crippen LogP contribution is -2.14. The van der Waals surface area contributed by atoms with Gasteiger partial charge in [0.1, 0.15) is 23.1 Å². The Balaban J connectivity index is 2.24. The second-order valence-electron chi connectivity index (χ2n) is 3.30. The van der Waals surface area contributed by atoms with Crippen molar-refractivity contribution < 1.29 is 9.18 Å². The van der Waals surface area contributed by atoms with Crippen molar-refractivity contribution in [2.75, 3.05) is 5.32 Å². The highest BCUT2D eigenvalue weighted by atomic mass is 35.5. The molecule has 1 amide bonds. The summed E-state index contributed by atoms with van der Waals surface area (Å²) in [7, 11) is 0. The van der Waals surface area contributed by atoms with Crippen LogP contribution in [0.3, 0.4) is 0 Å². The Morgan fingerprint density at radius 2 is 2.00 bits per heavy atom. The van der Waals surface area contributed by atoms with Crippen molar-refractivity contribution in [3.63, 3.8) is 0 Å². The summed E-state index contributed by atoms with van der Waals surface area (Å²) in [6.45, 7) is 0. The zero-order valence-corrected chi connectivity index (χ0v) is 10.3. The smallest absolute Gasteiger partial charge is 0.259 e. The molecule has 1 N–H and O–H groups in total. The predicted molar refractivity (Wildman–Crippen MR) is 66.4 cm³/mol. The van der Waals surface area contributed by atoms with Crippen LogP contribution in [0.15, 0.2) is 30.6 Å². The number of halogens is 3. The second-order valence-corrected chi connectivity index (χ2v) is 4.13. The number of benzene rings is 1. The van der Waals surface area contributed by atoms with E-state index in [9.17, 15) is 9.18 Å². The third-order valence-corrected chi connectivity index (χ3v) is 2.49. The Bertz CT molecular complexity index is 607. The molecule has 1 heterocycles. The highest BCUT2D eigenvalue weighted by molar-refractivity contribution is 6.31. The number of hydrogen-bond acceptors (Lipinski definition) is 3. The lowest BCUT2D eigenvalue weighted by molar-refractivity contribution is 0.102. The first-order chi connectivity index (χ1) is 8.56. The molecule has 0 unspecified atom stereocenters. The van der Waals surface area contributed by atoms with Gasteiger partial charge in [0.2, 0.25) is 0 Å². The lowest BCUT2D eigenvalue weighted by Gasteiger charge is -2.05. The van der Waals surface area contributed by atoms with Gasteiger partial charge in [-0.15, -0.1) is 0 Å². The van der Waals surface area contributed by atoms with E-state index in [0.717, 1.165) is 6.07 Å². The summed E-state index contributed by atoms with van der Waals surface area (Å²) in [5, 5.41) is 2.83. The average molecular weight is 286 g/mol. The minimum Gasteiger partial charge on any atom is -0.306 e. The van der Waals surface area contributed by atoms with Gasteiger partial charge in [0.25, 0.3) is 5.91 Å². The monoisotopic (exact) mass is 285 g/mol. The van der Waals surface area contributed by atoms with Gasteiger partial charge in [-0.1, -0.05) is 23.2 Å². The number of amides is 1. The first-order valence-electron chi connectivity index (χ1n) is 4.80. The van der Waals surface area contributed by atoms with Gasteiger partial charge in [-0.05, 0) is 18.2 Å². The minimum atomic E-state index is -0.669. The van der Waals surface area contributed by atoms with E-state index >= 15 is 0 Å². The van der Waals surface area contributed by atoms with Gasteiger partial charge in [-0.25, -0.2) is 14.4 Å². The number of rotatable bonds is 2. The number of carbonyl (C=O) groups excluding carboxylic acids is 1. The van der Waals surface area contributed by atoms with Gasteiger partial charge in [-0.3, -0.25) is 4.79 Å². The molecule has 92 valence electrons. The molecule has 0 aliphatic rings. The van der Waals surface area contributed by atoms with Crippen LogP contribution in [0, 0.1) is 5.82 Å². The van der Waals surface area contributed by atoms with Gasteiger partial charge >= 0.3 is 0 Å². The topological polar surface area (TPSA) is 54.9 Å². The molecular weight excluding hydrogens is 280 g/mol. The predicted octanol–water partition coefficient (Wildman–Crippen LogP) is 3.17. The number of nitrogens with one attached hydrogen (secondary N) is 1. The molecule has 0 bridgehead atoms. The van der Waals surface area contributed by atoms with E-state index in [0.29, 0.717) is 0 Å². The fraction of sp³-hybridized carbons (Fsp3) is 0. The van der Waals surface area contributed by atoms with Crippen LogP contribution in [0.1, 0.15) is 10.4 Å². The van der Waals surface area contributed by atoms with Crippen molar-refractivity contribution in [2.24, 2.45) is 0 Å². The molecule has 0 saturated heterocycles. The van der Waals surface area contributed by atoms with Crippen LogP contribution in [0.2, 0.25) is 10.2 Å². The molecule has 0 radical (unpaired) electrons. The van der Waals surface area contributed by atoms with E-state index < -0.39 is 11.7 Å². The Labute approximate surface area is 112 Å². The Hall–Kier alpha value is -1.72. The summed E-state index contributed by atoms with van der Waals surface area (Å²) in [4.78, 5) is 19.2. The molecule has 0 fully saturated rings. The Morgan fingerprint density at radius 1 is 1.22 bits per heavy atom. The van der Waals surface area contributed by atoms with E-state index in [1.807, 2.05) is 0 Å². The van der Waals surface area contributed by atoms with Crippen LogP contribution in [0.5, 0.6) is 0 Å². The van der Waals surface area contributed by atoms with E-state index in [1.165, 1.54) is 24.5 Å². The van der Waals surface area contributed by atoms with Crippen molar-refractivity contribution in [1.82, 2.24) is 9.97 Å². The highest BCUT2D eigenvalue weighted by Crippen LogP contribution is 2.16. The normalized spacial score (nSPS) is 10.2. The van der Waals surface area contributed by atoms with Crippen LogP contribution >= 0.6 is 23.2 Å². The fourth-order valence-electron chi connectivity index (χ4n) is 1.26. The number of hydrogen-bond donors (Lipinski definition) is 1. The van der Waals surface area contributed by atoms with Crippen LogP contribution in [0.4, 0.5) is 10.2 Å². The molecule has 0 atom stereocenters. The zero-order chi connectivity index (χ0) is 13.1. The molecule has 2 rings (SSSR count). The van der Waals surface area contributed by atoms with E-state index in [-0.39, 0.29) is 21.6 Å². The van der Waals surface area contributed by atoms with Crippen LogP contribution < -0.4 is 5.32 Å². The van der Waals surface area contributed by atoms with Crippen LogP contribution in [-0.2, 0) is 0 Å². The maximum atomic E-state index is 13.4. The molecule has 0 aliphatic carbocycles. The van der Waals surface area contributed by atoms with Crippen LogP contribution in [0.25, 0.3) is 0 Å². The Morgan fingerprint density at radius 3 is 2.72 bits per heavy atom. The number of carbonyl (C=O) groups is 1. The van der Waals surface area contributed by atoms with Crippen molar-refractivity contribution in [2.45, 2.75) is 0 Å². The van der Waals surface area contributed by atoms with Gasteiger partial charge in [0.15, 0.2) is 0 Å². The number of anilines is 1. The summed E-state index contributed by atoms with van der Waals surface area (Å²) < 4.78 is 13.4. The van der Waals surface area contributed by atoms with Gasteiger partial charge in [-0.2, -0.15) is 0 Å². The van der Waals surface area contributed by atoms with E-state index in [1.54, 1.807) is 0 Å². The highest BCUT2D eigenvalue weighted by Gasteiger charge is 2.13. The molecule has 7 heteroatoms. The summed E-state index contributed by atoms with van der Waals surface area (Å²) >= 11 is 11.3. The molecule has 1 aromatic carbocycles. The third kappa shape index (κ3) is 2.94. The quantitative estimate of drug-likeness (QED) is 0.863. The number of nitrogens with zero attached hydrogens (tertiary/aromatic N) is 2. The van der Waals surface area contributed by atoms with Crippen molar-refractivity contribution in [3.05, 3.63) is 52.1 Å². The molecule has 1 aromatic heterocycles. The minimum absolute atomic E-state index is 0.169. The summed E-state index contributed by atoms with van der Waals surface area (Å²) in [6.07, 6.45) is 1.19. The molecular formula is C11H6Cl2FN3O. The SMILES string of the molecule is O=C(Nc1cc(Cl)ncn1)c1cc(Cl)ccc1F. The van der Waals surface area contributed by atoms with Crippen LogP contribution in [-0.4, -0.2) is 15.9 Å². The molecule has 0 saturated carbocycles. The van der Waals surface area contributed by atoms with Gasteiger partial charge in [0, 0.05) is 11.1 Å². The van der Waals surface area contributed by atoms with E-state index in [4.69, 9.17) is 23.2 Å². The molecule has 2 aromatic rings. The molecule has 0 aliphatic heterocycles. The second kappa shape index (κ2) is 5.29. The van der Waals surface area contributed by atoms with Crippen molar-refractivity contribution >= 4 is 34.9 Å². The molecule has 18 heavy (non-hydrogen) atoms. The summed E-state index contributed by atoms with van der Waals surface area (Å²) in [6, 6.07) is 5.05. The molecule has 0 spiro atoms. The third-order valence-electron chi connectivity index (χ3n) is 2.05. The summed E-state index contributed by atoms with van der Waals surface area (Å²) in [5.74, 6) is -1.15. The average Bonchev–Trinajstić information content (AvgIpc) is 2.32. The van der Waals surface area contributed by atoms with Gasteiger partial charge in [0.05, 0.1) is 5.56 Å². The molecule has 4 nitrogen and oxygen atoms in total. The van der Waals surface area contributed by atoms with Crippen molar-refractivity contribution in [3.8, 4) is 0 Å².